The average Bonchev–Trinajstić information content (AvgIpc) is 3.27. The van der Waals surface area contributed by atoms with Crippen LogP contribution in [0.25, 0.3) is 11.2 Å². The minimum absolute atomic E-state index is 0.413. The summed E-state index contributed by atoms with van der Waals surface area (Å²) in [5, 5.41) is 23.2. The summed E-state index contributed by atoms with van der Waals surface area (Å²) in [5.41, 5.74) is -3.05. The van der Waals surface area contributed by atoms with E-state index in [2.05, 4.69) is 20.3 Å². The van der Waals surface area contributed by atoms with Gasteiger partial charge in [-0.25, -0.2) is 19.3 Å². The predicted molar refractivity (Wildman–Crippen MR) is 87.7 cm³/mol. The molecule has 0 amide bonds. The Labute approximate surface area is 144 Å². The molecular formula is C16H22FN5O3. The van der Waals surface area contributed by atoms with Gasteiger partial charge in [-0.2, -0.15) is 0 Å². The normalized spacial score (nSPS) is 35.4. The molecule has 4 rings (SSSR count). The minimum atomic E-state index is -2.14. The lowest BCUT2D eigenvalue weighted by atomic mass is 9.85. The molecular weight excluding hydrogens is 329 g/mol. The molecule has 2 aromatic heterocycles. The highest BCUT2D eigenvalue weighted by molar-refractivity contribution is 5.82. The first-order valence-corrected chi connectivity index (χ1v) is 8.45. The second kappa shape index (κ2) is 5.58. The smallest absolute Gasteiger partial charge is 0.183 e. The van der Waals surface area contributed by atoms with Crippen LogP contribution in [0.15, 0.2) is 12.7 Å². The van der Waals surface area contributed by atoms with Gasteiger partial charge in [-0.15, -0.1) is 0 Å². The van der Waals surface area contributed by atoms with E-state index in [0.717, 1.165) is 6.54 Å². The number of hydrogen-bond acceptors (Lipinski definition) is 7. The molecule has 0 bridgehead atoms. The number of halogens is 1. The van der Waals surface area contributed by atoms with Crippen molar-refractivity contribution in [3.8, 4) is 0 Å². The maximum atomic E-state index is 15.4. The van der Waals surface area contributed by atoms with E-state index in [9.17, 15) is 10.2 Å². The summed E-state index contributed by atoms with van der Waals surface area (Å²) in [6.07, 6.45) is 3.05. The van der Waals surface area contributed by atoms with Crippen molar-refractivity contribution in [3.05, 3.63) is 12.7 Å². The van der Waals surface area contributed by atoms with Crippen molar-refractivity contribution in [2.45, 2.75) is 50.3 Å². The van der Waals surface area contributed by atoms with Crippen molar-refractivity contribution >= 4 is 17.0 Å². The second-order valence-corrected chi connectivity index (χ2v) is 7.25. The van der Waals surface area contributed by atoms with Crippen molar-refractivity contribution in [2.75, 3.05) is 18.5 Å². The fourth-order valence-electron chi connectivity index (χ4n) is 3.24. The maximum absolute atomic E-state index is 15.4. The molecule has 0 radical (unpaired) electrons. The molecule has 9 heteroatoms. The summed E-state index contributed by atoms with van der Waals surface area (Å²) in [6.45, 7) is 2.91. The maximum Gasteiger partial charge on any atom is 0.183 e. The van der Waals surface area contributed by atoms with E-state index in [-0.39, 0.29) is 0 Å². The van der Waals surface area contributed by atoms with Crippen LogP contribution >= 0.6 is 0 Å². The third-order valence-electron chi connectivity index (χ3n) is 5.41. The molecule has 0 aromatic carbocycles. The highest BCUT2D eigenvalue weighted by Crippen LogP contribution is 2.48. The summed E-state index contributed by atoms with van der Waals surface area (Å²) in [5.74, 6) is 1.26. The molecule has 1 aliphatic heterocycles. The number of nitrogens with one attached hydrogen (secondary N) is 1. The van der Waals surface area contributed by atoms with Crippen LogP contribution in [-0.2, 0) is 4.74 Å². The van der Waals surface area contributed by atoms with Gasteiger partial charge >= 0.3 is 0 Å². The van der Waals surface area contributed by atoms with E-state index in [4.69, 9.17) is 4.74 Å². The highest BCUT2D eigenvalue weighted by atomic mass is 19.1. The number of imidazole rings is 1. The van der Waals surface area contributed by atoms with Crippen LogP contribution in [0, 0.1) is 5.92 Å². The van der Waals surface area contributed by atoms with E-state index in [1.54, 1.807) is 0 Å². The molecule has 1 saturated carbocycles. The number of aliphatic hydroxyl groups excluding tert-OH is 1. The summed E-state index contributed by atoms with van der Waals surface area (Å²) < 4.78 is 22.4. The van der Waals surface area contributed by atoms with Gasteiger partial charge in [0.2, 0.25) is 0 Å². The summed E-state index contributed by atoms with van der Waals surface area (Å²) >= 11 is 0. The standard InChI is InChI=1S/C16H22FN5O3/c1-15(17)14(25-10(6-23)16(15,2)24)22-8-21-11-12(18-5-9-3-4-9)19-7-20-13(11)22/h7-10,14,23-24H,3-6H2,1-2H3,(H,18,19,20)/t10-,14-,15+,16-/m1/s1. The van der Waals surface area contributed by atoms with Gasteiger partial charge in [-0.1, -0.05) is 0 Å². The molecule has 1 aliphatic carbocycles. The minimum Gasteiger partial charge on any atom is -0.394 e. The fraction of sp³-hybridized carbons (Fsp3) is 0.688. The van der Waals surface area contributed by atoms with Gasteiger partial charge in [0.05, 0.1) is 12.9 Å². The Kier molecular flexibility index (Phi) is 3.71. The van der Waals surface area contributed by atoms with Crippen LogP contribution in [0.2, 0.25) is 0 Å². The Morgan fingerprint density at radius 2 is 2.12 bits per heavy atom. The first-order chi connectivity index (χ1) is 11.9. The van der Waals surface area contributed by atoms with E-state index < -0.39 is 30.2 Å². The lowest BCUT2D eigenvalue weighted by Gasteiger charge is -2.32. The van der Waals surface area contributed by atoms with Gasteiger partial charge in [0.15, 0.2) is 28.9 Å². The molecule has 4 atom stereocenters. The molecule has 2 aliphatic rings. The molecule has 3 N–H and O–H groups in total. The number of fused-ring (bicyclic) bond motifs is 1. The topological polar surface area (TPSA) is 105 Å². The monoisotopic (exact) mass is 351 g/mol. The lowest BCUT2D eigenvalue weighted by molar-refractivity contribution is -0.0891. The van der Waals surface area contributed by atoms with E-state index >= 15 is 4.39 Å². The summed E-state index contributed by atoms with van der Waals surface area (Å²) in [4.78, 5) is 12.7. The van der Waals surface area contributed by atoms with Crippen molar-refractivity contribution in [1.82, 2.24) is 19.5 Å². The van der Waals surface area contributed by atoms with Gasteiger partial charge in [-0.05, 0) is 32.6 Å². The van der Waals surface area contributed by atoms with E-state index in [1.807, 2.05) is 0 Å². The number of alkyl halides is 1. The molecule has 2 fully saturated rings. The Balaban J connectivity index is 1.71. The Morgan fingerprint density at radius 1 is 1.36 bits per heavy atom. The number of hydrogen-bond donors (Lipinski definition) is 3. The Hall–Kier alpha value is -1.84. The predicted octanol–water partition coefficient (Wildman–Crippen LogP) is 1.02. The van der Waals surface area contributed by atoms with Gasteiger partial charge in [-0.3, -0.25) is 4.57 Å². The van der Waals surface area contributed by atoms with Gasteiger partial charge in [0.1, 0.15) is 18.0 Å². The number of aromatic nitrogens is 4. The molecule has 2 aromatic rings. The van der Waals surface area contributed by atoms with Crippen LogP contribution < -0.4 is 5.32 Å². The Morgan fingerprint density at radius 3 is 2.76 bits per heavy atom. The molecule has 3 heterocycles. The number of anilines is 1. The first kappa shape index (κ1) is 16.6. The summed E-state index contributed by atoms with van der Waals surface area (Å²) in [6, 6.07) is 0. The van der Waals surface area contributed by atoms with Crippen LogP contribution in [0.5, 0.6) is 0 Å². The molecule has 25 heavy (non-hydrogen) atoms. The quantitative estimate of drug-likeness (QED) is 0.738. The highest BCUT2D eigenvalue weighted by Gasteiger charge is 2.63. The first-order valence-electron chi connectivity index (χ1n) is 8.45. The van der Waals surface area contributed by atoms with Gasteiger partial charge in [0.25, 0.3) is 0 Å². The molecule has 1 saturated heterocycles. The fourth-order valence-corrected chi connectivity index (χ4v) is 3.24. The molecule has 0 unspecified atom stereocenters. The number of rotatable bonds is 5. The third-order valence-corrected chi connectivity index (χ3v) is 5.41. The van der Waals surface area contributed by atoms with Crippen molar-refractivity contribution in [3.63, 3.8) is 0 Å². The van der Waals surface area contributed by atoms with Gasteiger partial charge in [0, 0.05) is 6.54 Å². The summed E-state index contributed by atoms with van der Waals surface area (Å²) in [7, 11) is 0. The zero-order valence-corrected chi connectivity index (χ0v) is 14.2. The van der Waals surface area contributed by atoms with Crippen LogP contribution in [0.4, 0.5) is 10.2 Å². The second-order valence-electron chi connectivity index (χ2n) is 7.25. The van der Waals surface area contributed by atoms with Crippen molar-refractivity contribution in [2.24, 2.45) is 5.92 Å². The van der Waals surface area contributed by atoms with Crippen LogP contribution in [0.3, 0.4) is 0 Å². The largest absolute Gasteiger partial charge is 0.394 e. The van der Waals surface area contributed by atoms with E-state index in [1.165, 1.54) is 43.9 Å². The lowest BCUT2D eigenvalue weighted by Crippen LogP contribution is -2.51. The van der Waals surface area contributed by atoms with E-state index in [0.29, 0.717) is 22.9 Å². The molecule has 0 spiro atoms. The third kappa shape index (κ3) is 2.49. The number of ether oxygens (including phenoxy) is 1. The zero-order chi connectivity index (χ0) is 17.8. The van der Waals surface area contributed by atoms with Crippen molar-refractivity contribution < 1.29 is 19.3 Å². The average molecular weight is 351 g/mol. The number of nitrogens with zero attached hydrogens (tertiary/aromatic N) is 4. The van der Waals surface area contributed by atoms with Crippen LogP contribution in [-0.4, -0.2) is 60.3 Å². The number of aliphatic hydroxyl groups is 2. The van der Waals surface area contributed by atoms with Crippen LogP contribution in [0.1, 0.15) is 32.9 Å². The Bertz CT molecular complexity index is 789. The van der Waals surface area contributed by atoms with Gasteiger partial charge < -0.3 is 20.3 Å². The molecule has 8 nitrogen and oxygen atoms in total. The zero-order valence-electron chi connectivity index (χ0n) is 14.2. The molecule has 136 valence electrons. The SMILES string of the molecule is C[C@]1(F)[C@H](n2cnc3c(NCC4CC4)ncnc32)O[C@H](CO)[C@@]1(C)O. The van der Waals surface area contributed by atoms with Crippen molar-refractivity contribution in [1.29, 1.82) is 0 Å².